The number of urea groups is 1. The predicted octanol–water partition coefficient (Wildman–Crippen LogP) is 1.36. The van der Waals surface area contributed by atoms with Gasteiger partial charge < -0.3 is 14.8 Å². The highest BCUT2D eigenvalue weighted by Gasteiger charge is 2.43. The van der Waals surface area contributed by atoms with Crippen molar-refractivity contribution in [3.63, 3.8) is 0 Å². The third kappa shape index (κ3) is 2.28. The Kier molecular flexibility index (Phi) is 3.19. The minimum absolute atomic E-state index is 0.186. The van der Waals surface area contributed by atoms with Gasteiger partial charge in [0.05, 0.1) is 0 Å². The molecule has 25 heavy (non-hydrogen) atoms. The molecule has 2 fully saturated rings. The molecule has 3 atom stereocenters. The van der Waals surface area contributed by atoms with E-state index in [1.807, 2.05) is 0 Å². The zero-order chi connectivity index (χ0) is 17.1. The van der Waals surface area contributed by atoms with Crippen molar-refractivity contribution in [1.29, 1.82) is 0 Å². The number of carbonyl (C=O) groups is 2. The molecule has 2 saturated heterocycles. The van der Waals surface area contributed by atoms with Gasteiger partial charge in [0.2, 0.25) is 5.91 Å². The van der Waals surface area contributed by atoms with Gasteiger partial charge in [-0.1, -0.05) is 12.1 Å². The van der Waals surface area contributed by atoms with Gasteiger partial charge in [-0.05, 0) is 48.9 Å². The van der Waals surface area contributed by atoms with Gasteiger partial charge in [-0.2, -0.15) is 0 Å². The smallest absolute Gasteiger partial charge is 0.324 e. The summed E-state index contributed by atoms with van der Waals surface area (Å²) in [7, 11) is 2.19. The van der Waals surface area contributed by atoms with Crippen molar-refractivity contribution < 1.29 is 9.59 Å². The van der Waals surface area contributed by atoms with Gasteiger partial charge in [0.25, 0.3) is 0 Å². The minimum atomic E-state index is -0.238. The lowest BCUT2D eigenvalue weighted by atomic mass is 9.85. The molecule has 2 aromatic rings. The molecule has 3 heterocycles. The SMILES string of the molecule is CN1C[C@@H](CN2CC(=O)NC2=O)[C@@H]2Cc3cccc4[nH]cc(c34)C[C@H]21. The maximum Gasteiger partial charge on any atom is 0.324 e. The second-order valence-electron chi connectivity index (χ2n) is 7.73. The van der Waals surface area contributed by atoms with Crippen LogP contribution in [-0.4, -0.2) is 59.4 Å². The largest absolute Gasteiger partial charge is 0.361 e. The molecule has 0 unspecified atom stereocenters. The number of aromatic amines is 1. The number of likely N-dealkylation sites (tertiary alicyclic amines) is 1. The van der Waals surface area contributed by atoms with Crippen LogP contribution in [0, 0.1) is 11.8 Å². The van der Waals surface area contributed by atoms with Crippen LogP contribution < -0.4 is 5.32 Å². The minimum Gasteiger partial charge on any atom is -0.361 e. The number of aromatic nitrogens is 1. The van der Waals surface area contributed by atoms with E-state index in [0.717, 1.165) is 19.4 Å². The maximum atomic E-state index is 11.9. The number of nitrogens with one attached hydrogen (secondary N) is 2. The van der Waals surface area contributed by atoms with Gasteiger partial charge in [-0.15, -0.1) is 0 Å². The fraction of sp³-hybridized carbons (Fsp3) is 0.474. The molecule has 2 aliphatic heterocycles. The number of amides is 3. The van der Waals surface area contributed by atoms with Crippen molar-refractivity contribution in [2.45, 2.75) is 18.9 Å². The normalized spacial score (nSPS) is 29.2. The number of imide groups is 1. The molecule has 6 nitrogen and oxygen atoms in total. The van der Waals surface area contributed by atoms with Crippen LogP contribution in [0.5, 0.6) is 0 Å². The van der Waals surface area contributed by atoms with E-state index in [4.69, 9.17) is 0 Å². The first-order chi connectivity index (χ1) is 12.1. The Balaban J connectivity index is 1.46. The number of nitrogens with zero attached hydrogens (tertiary/aromatic N) is 2. The Hall–Kier alpha value is -2.34. The maximum absolute atomic E-state index is 11.9. The van der Waals surface area contributed by atoms with Gasteiger partial charge in [0.1, 0.15) is 6.54 Å². The topological polar surface area (TPSA) is 68.4 Å². The fourth-order valence-corrected chi connectivity index (χ4v) is 5.15. The summed E-state index contributed by atoms with van der Waals surface area (Å²) in [5.41, 5.74) is 4.03. The molecule has 3 amide bonds. The summed E-state index contributed by atoms with van der Waals surface area (Å²) in [6.45, 7) is 1.84. The number of fused-ring (bicyclic) bond motifs is 1. The van der Waals surface area contributed by atoms with E-state index in [1.165, 1.54) is 22.0 Å². The van der Waals surface area contributed by atoms with E-state index in [0.29, 0.717) is 24.4 Å². The van der Waals surface area contributed by atoms with Crippen LogP contribution in [0.2, 0.25) is 0 Å². The number of hydrogen-bond donors (Lipinski definition) is 2. The standard InChI is InChI=1S/C19H22N4O2/c1-22-8-13(9-23-10-17(24)21-19(23)25)14-5-11-3-2-4-15-18(11)12(7-20-15)6-16(14)22/h2-4,7,13-14,16,20H,5-6,8-10H2,1H3,(H,21,24,25)/t13-,14-,16+/m0/s1. The quantitative estimate of drug-likeness (QED) is 0.813. The highest BCUT2D eigenvalue weighted by Crippen LogP contribution is 2.40. The Morgan fingerprint density at radius 2 is 2.08 bits per heavy atom. The van der Waals surface area contributed by atoms with Crippen molar-refractivity contribution in [3.05, 3.63) is 35.5 Å². The summed E-state index contributed by atoms with van der Waals surface area (Å²) in [4.78, 5) is 31.0. The summed E-state index contributed by atoms with van der Waals surface area (Å²) < 4.78 is 0. The van der Waals surface area contributed by atoms with Crippen LogP contribution in [0.3, 0.4) is 0 Å². The summed E-state index contributed by atoms with van der Waals surface area (Å²) in [6.07, 6.45) is 4.23. The van der Waals surface area contributed by atoms with E-state index < -0.39 is 0 Å². The zero-order valence-electron chi connectivity index (χ0n) is 14.3. The third-order valence-electron chi connectivity index (χ3n) is 6.27. The molecule has 0 radical (unpaired) electrons. The molecular formula is C19H22N4O2. The van der Waals surface area contributed by atoms with Crippen LogP contribution in [0.1, 0.15) is 11.1 Å². The number of rotatable bonds is 2. The van der Waals surface area contributed by atoms with Crippen molar-refractivity contribution in [1.82, 2.24) is 20.1 Å². The molecule has 0 saturated carbocycles. The molecule has 1 aromatic heterocycles. The zero-order valence-corrected chi connectivity index (χ0v) is 14.3. The molecule has 0 spiro atoms. The van der Waals surface area contributed by atoms with Crippen LogP contribution in [0.25, 0.3) is 10.9 Å². The molecular weight excluding hydrogens is 316 g/mol. The molecule has 0 bridgehead atoms. The van der Waals surface area contributed by atoms with Crippen LogP contribution in [0.15, 0.2) is 24.4 Å². The first-order valence-corrected chi connectivity index (χ1v) is 8.97. The van der Waals surface area contributed by atoms with E-state index in [1.54, 1.807) is 4.90 Å². The second-order valence-corrected chi connectivity index (χ2v) is 7.73. The highest BCUT2D eigenvalue weighted by molar-refractivity contribution is 6.01. The Morgan fingerprint density at radius 1 is 1.20 bits per heavy atom. The number of benzene rings is 1. The number of hydrogen-bond acceptors (Lipinski definition) is 3. The third-order valence-corrected chi connectivity index (χ3v) is 6.27. The Labute approximate surface area is 146 Å². The number of likely N-dealkylation sites (N-methyl/N-ethyl adjacent to an activating group) is 1. The molecule has 3 aliphatic rings. The molecule has 1 aromatic carbocycles. The van der Waals surface area contributed by atoms with E-state index in [9.17, 15) is 9.59 Å². The lowest BCUT2D eigenvalue weighted by molar-refractivity contribution is -0.118. The molecule has 6 heteroatoms. The van der Waals surface area contributed by atoms with Gasteiger partial charge >= 0.3 is 6.03 Å². The summed E-state index contributed by atoms with van der Waals surface area (Å²) in [5, 5.41) is 3.78. The van der Waals surface area contributed by atoms with Gasteiger partial charge in [0, 0.05) is 36.2 Å². The number of carbonyl (C=O) groups excluding carboxylic acids is 2. The lowest BCUT2D eigenvalue weighted by Gasteiger charge is -2.26. The molecule has 130 valence electrons. The van der Waals surface area contributed by atoms with Gasteiger partial charge in [0.15, 0.2) is 0 Å². The average molecular weight is 338 g/mol. The highest BCUT2D eigenvalue weighted by atomic mass is 16.2. The van der Waals surface area contributed by atoms with E-state index in [-0.39, 0.29) is 18.5 Å². The van der Waals surface area contributed by atoms with Crippen LogP contribution in [0.4, 0.5) is 4.79 Å². The average Bonchev–Trinajstić information content (AvgIpc) is 3.16. The molecule has 5 rings (SSSR count). The first kappa shape index (κ1) is 15.0. The summed E-state index contributed by atoms with van der Waals surface area (Å²) in [6, 6.07) is 6.75. The lowest BCUT2D eigenvalue weighted by Crippen LogP contribution is -2.36. The Bertz CT molecular complexity index is 873. The second kappa shape index (κ2) is 5.33. The van der Waals surface area contributed by atoms with Gasteiger partial charge in [-0.3, -0.25) is 10.1 Å². The van der Waals surface area contributed by atoms with E-state index >= 15 is 0 Å². The molecule has 1 aliphatic carbocycles. The monoisotopic (exact) mass is 338 g/mol. The fourth-order valence-electron chi connectivity index (χ4n) is 5.15. The summed E-state index contributed by atoms with van der Waals surface area (Å²) >= 11 is 0. The van der Waals surface area contributed by atoms with Crippen LogP contribution in [-0.2, 0) is 17.6 Å². The van der Waals surface area contributed by atoms with Crippen molar-refractivity contribution in [2.75, 3.05) is 26.7 Å². The molecule has 2 N–H and O–H groups in total. The first-order valence-electron chi connectivity index (χ1n) is 8.97. The van der Waals surface area contributed by atoms with E-state index in [2.05, 4.69) is 46.6 Å². The van der Waals surface area contributed by atoms with Crippen molar-refractivity contribution in [3.8, 4) is 0 Å². The predicted molar refractivity (Wildman–Crippen MR) is 94.2 cm³/mol. The van der Waals surface area contributed by atoms with Crippen molar-refractivity contribution >= 4 is 22.8 Å². The van der Waals surface area contributed by atoms with Crippen LogP contribution >= 0.6 is 0 Å². The summed E-state index contributed by atoms with van der Waals surface area (Å²) in [5.74, 6) is 0.718. The van der Waals surface area contributed by atoms with Crippen molar-refractivity contribution in [2.24, 2.45) is 11.8 Å². The number of H-pyrrole nitrogens is 1. The Morgan fingerprint density at radius 3 is 2.88 bits per heavy atom. The van der Waals surface area contributed by atoms with Gasteiger partial charge in [-0.25, -0.2) is 4.79 Å².